The zero-order chi connectivity index (χ0) is 29.5. The average Bonchev–Trinajstić information content (AvgIpc) is 3.61. The van der Waals surface area contributed by atoms with E-state index in [9.17, 15) is 14.7 Å². The predicted molar refractivity (Wildman–Crippen MR) is 160 cm³/mol. The molecule has 3 atom stereocenters. The molecule has 1 aliphatic rings. The molecule has 1 unspecified atom stereocenters. The SMILES string of the molecule is CCN(C)C1Oc2cc(C(=O)NC[C@H](O)[C@H](Cc3ccccc3)N(C)C(=O)Oc3cncs3)ccc2N1CC(C)C. The van der Waals surface area contributed by atoms with Gasteiger partial charge in [-0.05, 0) is 43.1 Å². The minimum absolute atomic E-state index is 0.0624. The van der Waals surface area contributed by atoms with Crippen molar-refractivity contribution in [3.8, 4) is 10.8 Å². The van der Waals surface area contributed by atoms with Crippen molar-refractivity contribution in [2.24, 2.45) is 5.92 Å². The van der Waals surface area contributed by atoms with Crippen molar-refractivity contribution in [1.29, 1.82) is 0 Å². The third-order valence-corrected chi connectivity index (χ3v) is 7.70. The molecule has 41 heavy (non-hydrogen) atoms. The van der Waals surface area contributed by atoms with Crippen molar-refractivity contribution >= 4 is 29.0 Å². The first-order chi connectivity index (χ1) is 19.7. The van der Waals surface area contributed by atoms with Gasteiger partial charge in [0.15, 0.2) is 0 Å². The summed E-state index contributed by atoms with van der Waals surface area (Å²) in [5.74, 6) is 0.742. The van der Waals surface area contributed by atoms with Crippen molar-refractivity contribution in [1.82, 2.24) is 20.1 Å². The molecular formula is C30H39N5O5S. The lowest BCUT2D eigenvalue weighted by Crippen LogP contribution is -2.51. The highest BCUT2D eigenvalue weighted by molar-refractivity contribution is 7.11. The van der Waals surface area contributed by atoms with E-state index >= 15 is 0 Å². The van der Waals surface area contributed by atoms with Crippen molar-refractivity contribution in [2.75, 3.05) is 38.6 Å². The zero-order valence-corrected chi connectivity index (χ0v) is 25.0. The number of ether oxygens (including phenoxy) is 2. The maximum atomic E-state index is 13.2. The summed E-state index contributed by atoms with van der Waals surface area (Å²) in [5, 5.41) is 14.4. The molecule has 3 aromatic rings. The van der Waals surface area contributed by atoms with Crippen LogP contribution in [0.1, 0.15) is 36.7 Å². The van der Waals surface area contributed by atoms with Crippen LogP contribution in [0.25, 0.3) is 0 Å². The number of carbonyl (C=O) groups excluding carboxylic acids is 2. The van der Waals surface area contributed by atoms with Crippen LogP contribution in [0.3, 0.4) is 0 Å². The Kier molecular flexibility index (Phi) is 10.2. The van der Waals surface area contributed by atoms with Gasteiger partial charge in [-0.25, -0.2) is 9.78 Å². The minimum Gasteiger partial charge on any atom is -0.455 e. The van der Waals surface area contributed by atoms with E-state index in [-0.39, 0.29) is 18.8 Å². The Morgan fingerprint density at radius 3 is 2.61 bits per heavy atom. The van der Waals surface area contributed by atoms with Gasteiger partial charge in [0.25, 0.3) is 5.91 Å². The molecule has 10 nitrogen and oxygen atoms in total. The number of likely N-dealkylation sites (N-methyl/N-ethyl adjacent to an activating group) is 1. The topological polar surface area (TPSA) is 107 Å². The number of hydrogen-bond donors (Lipinski definition) is 2. The lowest BCUT2D eigenvalue weighted by atomic mass is 10.00. The summed E-state index contributed by atoms with van der Waals surface area (Å²) in [7, 11) is 3.58. The molecule has 1 aliphatic heterocycles. The molecule has 0 saturated carbocycles. The summed E-state index contributed by atoms with van der Waals surface area (Å²) in [6.07, 6.45) is -0.0838. The Labute approximate surface area is 245 Å². The Bertz CT molecular complexity index is 1290. The van der Waals surface area contributed by atoms with Crippen LogP contribution < -0.4 is 19.7 Å². The smallest absolute Gasteiger partial charge is 0.416 e. The van der Waals surface area contributed by atoms with Gasteiger partial charge in [0.05, 0.1) is 29.5 Å². The Hall–Kier alpha value is -3.67. The summed E-state index contributed by atoms with van der Waals surface area (Å²) in [6.45, 7) is 7.97. The summed E-state index contributed by atoms with van der Waals surface area (Å²) in [4.78, 5) is 35.6. The fraction of sp³-hybridized carbons (Fsp3) is 0.433. The molecule has 220 valence electrons. The monoisotopic (exact) mass is 581 g/mol. The number of thiazole rings is 1. The number of benzene rings is 2. The maximum Gasteiger partial charge on any atom is 0.416 e. The first kappa shape index (κ1) is 30.3. The number of nitrogens with one attached hydrogen (secondary N) is 1. The van der Waals surface area contributed by atoms with E-state index in [0.717, 1.165) is 24.3 Å². The van der Waals surface area contributed by atoms with Crippen LogP contribution in [0.15, 0.2) is 60.2 Å². The highest BCUT2D eigenvalue weighted by Crippen LogP contribution is 2.39. The van der Waals surface area contributed by atoms with Crippen LogP contribution in [-0.2, 0) is 6.42 Å². The Balaban J connectivity index is 1.45. The molecule has 0 bridgehead atoms. The van der Waals surface area contributed by atoms with Crippen molar-refractivity contribution in [3.05, 3.63) is 71.4 Å². The van der Waals surface area contributed by atoms with Crippen LogP contribution in [0, 0.1) is 5.92 Å². The minimum atomic E-state index is -1.06. The highest BCUT2D eigenvalue weighted by atomic mass is 32.1. The third kappa shape index (κ3) is 7.55. The van der Waals surface area contributed by atoms with Crippen LogP contribution in [0.2, 0.25) is 0 Å². The average molecular weight is 582 g/mol. The van der Waals surface area contributed by atoms with Crippen LogP contribution >= 0.6 is 11.3 Å². The van der Waals surface area contributed by atoms with Gasteiger partial charge in [-0.3, -0.25) is 9.69 Å². The number of hydrogen-bond acceptors (Lipinski definition) is 9. The van der Waals surface area contributed by atoms with Gasteiger partial charge < -0.3 is 29.7 Å². The molecule has 2 N–H and O–H groups in total. The molecule has 1 aromatic heterocycles. The van der Waals surface area contributed by atoms with Crippen LogP contribution in [-0.4, -0.2) is 84.1 Å². The summed E-state index contributed by atoms with van der Waals surface area (Å²) in [6, 6.07) is 14.3. The zero-order valence-electron chi connectivity index (χ0n) is 24.2. The van der Waals surface area contributed by atoms with E-state index in [0.29, 0.717) is 28.7 Å². The molecular weight excluding hydrogens is 542 g/mol. The highest BCUT2D eigenvalue weighted by Gasteiger charge is 2.34. The number of fused-ring (bicyclic) bond motifs is 1. The van der Waals surface area contributed by atoms with Crippen molar-refractivity contribution in [3.63, 3.8) is 0 Å². The molecule has 11 heteroatoms. The molecule has 4 rings (SSSR count). The number of anilines is 1. The molecule has 2 amide bonds. The molecule has 0 spiro atoms. The van der Waals surface area contributed by atoms with E-state index in [4.69, 9.17) is 9.47 Å². The molecule has 2 heterocycles. The molecule has 0 aliphatic carbocycles. The van der Waals surface area contributed by atoms with Gasteiger partial charge in [0.2, 0.25) is 11.4 Å². The van der Waals surface area contributed by atoms with E-state index in [2.05, 4.69) is 40.9 Å². The van der Waals surface area contributed by atoms with E-state index in [1.165, 1.54) is 22.4 Å². The van der Waals surface area contributed by atoms with E-state index in [1.807, 2.05) is 43.4 Å². The number of aliphatic hydroxyl groups excluding tert-OH is 1. The van der Waals surface area contributed by atoms with Crippen molar-refractivity contribution in [2.45, 2.75) is 45.7 Å². The fourth-order valence-corrected chi connectivity index (χ4v) is 5.19. The molecule has 0 radical (unpaired) electrons. The lowest BCUT2D eigenvalue weighted by molar-refractivity contribution is 0.0596. The second kappa shape index (κ2) is 13.8. The number of rotatable bonds is 12. The predicted octanol–water partition coefficient (Wildman–Crippen LogP) is 4.07. The Morgan fingerprint density at radius 2 is 1.95 bits per heavy atom. The van der Waals surface area contributed by atoms with Gasteiger partial charge in [-0.15, -0.1) is 0 Å². The van der Waals surface area contributed by atoms with Gasteiger partial charge >= 0.3 is 6.09 Å². The van der Waals surface area contributed by atoms with E-state index in [1.54, 1.807) is 24.7 Å². The van der Waals surface area contributed by atoms with Gasteiger partial charge in [-0.1, -0.05) is 62.4 Å². The van der Waals surface area contributed by atoms with Crippen molar-refractivity contribution < 1.29 is 24.2 Å². The van der Waals surface area contributed by atoms with E-state index < -0.39 is 18.2 Å². The number of carbonyl (C=O) groups is 2. The Morgan fingerprint density at radius 1 is 1.20 bits per heavy atom. The lowest BCUT2D eigenvalue weighted by Gasteiger charge is -2.32. The first-order valence-corrected chi connectivity index (χ1v) is 14.7. The quantitative estimate of drug-likeness (QED) is 0.330. The number of aromatic nitrogens is 1. The summed E-state index contributed by atoms with van der Waals surface area (Å²) in [5.41, 5.74) is 3.89. The molecule has 0 fully saturated rings. The fourth-order valence-electron chi connectivity index (χ4n) is 4.72. The second-order valence-corrected chi connectivity index (χ2v) is 11.4. The summed E-state index contributed by atoms with van der Waals surface area (Å²) < 4.78 is 11.7. The van der Waals surface area contributed by atoms with Gasteiger partial charge in [0.1, 0.15) is 5.75 Å². The van der Waals surface area contributed by atoms with Gasteiger partial charge in [-0.2, -0.15) is 0 Å². The van der Waals surface area contributed by atoms with Crippen LogP contribution in [0.5, 0.6) is 10.8 Å². The summed E-state index contributed by atoms with van der Waals surface area (Å²) >= 11 is 1.20. The number of amides is 2. The van der Waals surface area contributed by atoms with Gasteiger partial charge in [0, 0.05) is 32.2 Å². The molecule has 0 saturated heterocycles. The maximum absolute atomic E-state index is 13.2. The first-order valence-electron chi connectivity index (χ1n) is 13.8. The number of nitrogens with zero attached hydrogens (tertiary/aromatic N) is 4. The van der Waals surface area contributed by atoms with Crippen LogP contribution in [0.4, 0.5) is 10.5 Å². The molecule has 2 aromatic carbocycles. The second-order valence-electron chi connectivity index (χ2n) is 10.6. The third-order valence-electron chi connectivity index (χ3n) is 7.05. The normalized spacial score (nSPS) is 15.8. The largest absolute Gasteiger partial charge is 0.455 e. The standard InChI is InChI=1S/C30H39N5O5S/c1-6-33(4)29-35(18-20(2)3)23-13-12-22(15-26(23)39-29)28(37)32-16-25(36)24(14-21-10-8-7-9-11-21)34(5)30(38)40-27-17-31-19-41-27/h7-13,15,17,19-20,24-25,29,36H,6,14,16,18H2,1-5H3,(H,32,37)/t24-,25-,29?/m0/s1. The number of aliphatic hydroxyl groups is 1.